The Kier molecular flexibility index (Phi) is 5.50. The Morgan fingerprint density at radius 2 is 2.19 bits per heavy atom. The first-order chi connectivity index (χ1) is 12.4. The van der Waals surface area contributed by atoms with Crippen molar-refractivity contribution in [2.45, 2.75) is 32.5 Å². The van der Waals surface area contributed by atoms with Gasteiger partial charge in [0.25, 0.3) is 0 Å². The molecule has 1 aromatic carbocycles. The van der Waals surface area contributed by atoms with Crippen LogP contribution in [0.2, 0.25) is 0 Å². The summed E-state index contributed by atoms with van der Waals surface area (Å²) < 4.78 is 10.9. The summed E-state index contributed by atoms with van der Waals surface area (Å²) in [7, 11) is 1.53. The summed E-state index contributed by atoms with van der Waals surface area (Å²) >= 11 is 1.66. The Labute approximate surface area is 157 Å². The largest absolute Gasteiger partial charge is 0.504 e. The van der Waals surface area contributed by atoms with Crippen molar-refractivity contribution in [3.05, 3.63) is 34.7 Å². The molecule has 1 aliphatic heterocycles. The predicted molar refractivity (Wildman–Crippen MR) is 102 cm³/mol. The Balaban J connectivity index is 1.91. The summed E-state index contributed by atoms with van der Waals surface area (Å²) in [4.78, 5) is 16.6. The van der Waals surface area contributed by atoms with Gasteiger partial charge in [-0.05, 0) is 43.7 Å². The van der Waals surface area contributed by atoms with Gasteiger partial charge in [0, 0.05) is 29.0 Å². The third kappa shape index (κ3) is 3.70. The van der Waals surface area contributed by atoms with Gasteiger partial charge in [-0.2, -0.15) is 0 Å². The number of aromatic hydroxyl groups is 1. The van der Waals surface area contributed by atoms with E-state index >= 15 is 0 Å². The highest BCUT2D eigenvalue weighted by atomic mass is 32.1. The SMILES string of the molecule is CO[C@H](C)[C@H](N)C(=O)N1CCOc2c(O)cc(-c3ccc(C)s3)cc2C1. The summed E-state index contributed by atoms with van der Waals surface area (Å²) in [6.07, 6.45) is -0.375. The van der Waals surface area contributed by atoms with Crippen LogP contribution in [0.15, 0.2) is 24.3 Å². The predicted octanol–water partition coefficient (Wildman–Crippen LogP) is 2.51. The van der Waals surface area contributed by atoms with Gasteiger partial charge < -0.3 is 25.2 Å². The van der Waals surface area contributed by atoms with Gasteiger partial charge in [0.2, 0.25) is 5.91 Å². The molecule has 7 heteroatoms. The monoisotopic (exact) mass is 376 g/mol. The van der Waals surface area contributed by atoms with E-state index in [4.69, 9.17) is 15.2 Å². The van der Waals surface area contributed by atoms with Crippen molar-refractivity contribution in [1.29, 1.82) is 0 Å². The fourth-order valence-electron chi connectivity index (χ4n) is 2.98. The number of aryl methyl sites for hydroxylation is 1. The van der Waals surface area contributed by atoms with Crippen molar-refractivity contribution in [3.63, 3.8) is 0 Å². The van der Waals surface area contributed by atoms with Crippen molar-refractivity contribution < 1.29 is 19.4 Å². The van der Waals surface area contributed by atoms with Gasteiger partial charge in [-0.3, -0.25) is 4.79 Å². The van der Waals surface area contributed by atoms with Gasteiger partial charge in [0.05, 0.1) is 12.6 Å². The molecule has 0 unspecified atom stereocenters. The maximum atomic E-state index is 12.7. The molecule has 0 aliphatic carbocycles. The van der Waals surface area contributed by atoms with E-state index in [0.29, 0.717) is 25.4 Å². The van der Waals surface area contributed by atoms with Crippen molar-refractivity contribution in [3.8, 4) is 21.9 Å². The lowest BCUT2D eigenvalue weighted by atomic mass is 10.1. The second-order valence-corrected chi connectivity index (χ2v) is 7.76. The van der Waals surface area contributed by atoms with Crippen LogP contribution in [0.3, 0.4) is 0 Å². The number of hydrogen-bond donors (Lipinski definition) is 2. The zero-order valence-electron chi connectivity index (χ0n) is 15.2. The number of hydrogen-bond acceptors (Lipinski definition) is 6. The third-order valence-electron chi connectivity index (χ3n) is 4.61. The zero-order chi connectivity index (χ0) is 18.8. The van der Waals surface area contributed by atoms with Crippen molar-refractivity contribution in [2.75, 3.05) is 20.3 Å². The first kappa shape index (κ1) is 18.7. The quantitative estimate of drug-likeness (QED) is 0.856. The molecule has 0 radical (unpaired) electrons. The topological polar surface area (TPSA) is 85.0 Å². The van der Waals surface area contributed by atoms with Crippen LogP contribution in [0, 0.1) is 6.92 Å². The van der Waals surface area contributed by atoms with Crippen LogP contribution >= 0.6 is 11.3 Å². The number of amides is 1. The number of benzene rings is 1. The number of carbonyl (C=O) groups excluding carboxylic acids is 1. The minimum atomic E-state index is -0.738. The van der Waals surface area contributed by atoms with E-state index < -0.39 is 6.04 Å². The molecule has 1 aromatic heterocycles. The van der Waals surface area contributed by atoms with Gasteiger partial charge in [-0.25, -0.2) is 0 Å². The lowest BCUT2D eigenvalue weighted by molar-refractivity contribution is -0.136. The molecule has 1 amide bonds. The second-order valence-electron chi connectivity index (χ2n) is 6.47. The van der Waals surface area contributed by atoms with Crippen LogP contribution < -0.4 is 10.5 Å². The van der Waals surface area contributed by atoms with Crippen LogP contribution in [0.25, 0.3) is 10.4 Å². The minimum absolute atomic E-state index is 0.0902. The van der Waals surface area contributed by atoms with Crippen molar-refractivity contribution in [1.82, 2.24) is 4.90 Å². The van der Waals surface area contributed by atoms with E-state index in [-0.39, 0.29) is 17.8 Å². The summed E-state index contributed by atoms with van der Waals surface area (Å²) in [5.41, 5.74) is 7.70. The molecule has 6 nitrogen and oxygen atoms in total. The van der Waals surface area contributed by atoms with Gasteiger partial charge in [-0.15, -0.1) is 11.3 Å². The Bertz CT molecular complexity index is 805. The molecule has 0 spiro atoms. The van der Waals surface area contributed by atoms with Crippen LogP contribution in [0.5, 0.6) is 11.5 Å². The summed E-state index contributed by atoms with van der Waals surface area (Å²) in [5.74, 6) is 0.339. The van der Waals surface area contributed by atoms with Gasteiger partial charge >= 0.3 is 0 Å². The van der Waals surface area contributed by atoms with E-state index in [1.54, 1.807) is 29.2 Å². The highest BCUT2D eigenvalue weighted by molar-refractivity contribution is 7.15. The van der Waals surface area contributed by atoms with Gasteiger partial charge in [-0.1, -0.05) is 0 Å². The number of phenols is 1. The molecule has 140 valence electrons. The van der Waals surface area contributed by atoms with E-state index in [9.17, 15) is 9.90 Å². The number of nitrogens with zero attached hydrogens (tertiary/aromatic N) is 1. The first-order valence-electron chi connectivity index (χ1n) is 8.53. The Morgan fingerprint density at radius 3 is 2.85 bits per heavy atom. The van der Waals surface area contributed by atoms with Crippen LogP contribution in [-0.2, 0) is 16.1 Å². The lowest BCUT2D eigenvalue weighted by Crippen LogP contribution is -2.50. The normalized spacial score (nSPS) is 16.4. The number of nitrogens with two attached hydrogens (primary N) is 1. The smallest absolute Gasteiger partial charge is 0.242 e. The number of thiophene rings is 1. The van der Waals surface area contributed by atoms with Crippen LogP contribution in [-0.4, -0.2) is 48.3 Å². The number of fused-ring (bicyclic) bond motifs is 1. The fourth-order valence-corrected chi connectivity index (χ4v) is 3.83. The van der Waals surface area contributed by atoms with Crippen LogP contribution in [0.4, 0.5) is 0 Å². The lowest BCUT2D eigenvalue weighted by Gasteiger charge is -2.26. The van der Waals surface area contributed by atoms with Gasteiger partial charge in [0.15, 0.2) is 11.5 Å². The molecule has 2 atom stereocenters. The molecule has 2 heterocycles. The summed E-state index contributed by atoms with van der Waals surface area (Å²) in [6, 6.07) is 7.01. The summed E-state index contributed by atoms with van der Waals surface area (Å²) in [5, 5.41) is 10.4. The number of carbonyl (C=O) groups is 1. The molecule has 0 bridgehead atoms. The number of ether oxygens (including phenoxy) is 2. The maximum absolute atomic E-state index is 12.7. The molecular weight excluding hydrogens is 352 g/mol. The van der Waals surface area contributed by atoms with E-state index in [2.05, 4.69) is 0 Å². The molecule has 0 saturated heterocycles. The summed E-state index contributed by atoms with van der Waals surface area (Å²) in [6.45, 7) is 4.86. The number of rotatable bonds is 4. The minimum Gasteiger partial charge on any atom is -0.504 e. The molecule has 0 fully saturated rings. The number of phenolic OH excluding ortho intramolecular Hbond substituents is 1. The van der Waals surface area contributed by atoms with Crippen molar-refractivity contribution >= 4 is 17.2 Å². The highest BCUT2D eigenvalue weighted by Crippen LogP contribution is 2.39. The molecule has 26 heavy (non-hydrogen) atoms. The molecule has 3 N–H and O–H groups in total. The third-order valence-corrected chi connectivity index (χ3v) is 5.66. The second kappa shape index (κ2) is 7.65. The van der Waals surface area contributed by atoms with E-state index in [1.807, 2.05) is 25.1 Å². The molecule has 2 aromatic rings. The van der Waals surface area contributed by atoms with E-state index in [1.165, 1.54) is 12.0 Å². The first-order valence-corrected chi connectivity index (χ1v) is 9.35. The zero-order valence-corrected chi connectivity index (χ0v) is 16.0. The average Bonchev–Trinajstić information content (AvgIpc) is 2.94. The number of methoxy groups -OCH3 is 1. The fraction of sp³-hybridized carbons (Fsp3) is 0.421. The molecule has 3 rings (SSSR count). The maximum Gasteiger partial charge on any atom is 0.242 e. The molecular formula is C19H24N2O4S. The van der Waals surface area contributed by atoms with Gasteiger partial charge in [0.1, 0.15) is 12.6 Å². The standard InChI is InChI=1S/C19H24N2O4S/c1-11-4-5-16(26-11)13-8-14-10-21(19(23)17(20)12(2)24-3)6-7-25-18(14)15(22)9-13/h4-5,8-9,12,17,22H,6-7,10,20H2,1-3H3/t12-,17+/m1/s1. The Hall–Kier alpha value is -2.09. The highest BCUT2D eigenvalue weighted by Gasteiger charge is 2.29. The Morgan fingerprint density at radius 1 is 1.42 bits per heavy atom. The van der Waals surface area contributed by atoms with Crippen LogP contribution in [0.1, 0.15) is 17.4 Å². The molecule has 0 saturated carbocycles. The van der Waals surface area contributed by atoms with E-state index in [0.717, 1.165) is 16.0 Å². The average molecular weight is 376 g/mol. The molecule has 1 aliphatic rings. The van der Waals surface area contributed by atoms with Crippen molar-refractivity contribution in [2.24, 2.45) is 5.73 Å².